The molecule has 4 heterocycles. The van der Waals surface area contributed by atoms with Crippen LogP contribution in [0.25, 0.3) is 0 Å². The van der Waals surface area contributed by atoms with Gasteiger partial charge in [0.25, 0.3) is 0 Å². The van der Waals surface area contributed by atoms with Gasteiger partial charge in [0.05, 0.1) is 25.3 Å². The summed E-state index contributed by atoms with van der Waals surface area (Å²) in [6.45, 7) is 13.9. The molecular formula is C48H50Br2N4O12. The lowest BCUT2D eigenvalue weighted by Crippen LogP contribution is -2.38. The molecule has 2 N–H and O–H groups in total. The Kier molecular flexibility index (Phi) is 15.9. The lowest BCUT2D eigenvalue weighted by Gasteiger charge is -2.20. The number of ether oxygens (including phenoxy) is 2. The summed E-state index contributed by atoms with van der Waals surface area (Å²) < 4.78 is 11.2. The number of methoxy groups -OCH3 is 2. The number of hydrogen-bond acceptors (Lipinski definition) is 16. The Balaban J connectivity index is 0.000000166. The van der Waals surface area contributed by atoms with E-state index in [1.54, 1.807) is 90.1 Å². The second-order valence-corrected chi connectivity index (χ2v) is 18.9. The van der Waals surface area contributed by atoms with Crippen LogP contribution in [0.1, 0.15) is 98.4 Å². The first-order chi connectivity index (χ1) is 30.9. The number of carbonyl (C=O) groups excluding carboxylic acids is 4. The lowest BCUT2D eigenvalue weighted by atomic mass is 9.94. The van der Waals surface area contributed by atoms with Crippen molar-refractivity contribution in [1.82, 2.24) is 0 Å². The number of oxime groups is 4. The summed E-state index contributed by atoms with van der Waals surface area (Å²) in [5.41, 5.74) is 2.51. The monoisotopic (exact) mass is 1030 g/mol. The van der Waals surface area contributed by atoms with Gasteiger partial charge in [-0.3, -0.25) is 9.59 Å². The average Bonchev–Trinajstić information content (AvgIpc) is 3.94. The Hall–Kier alpha value is -6.08. The summed E-state index contributed by atoms with van der Waals surface area (Å²) in [7, 11) is 2.65. The number of halogens is 2. The summed E-state index contributed by atoms with van der Waals surface area (Å²) in [4.78, 5) is 66.8. The zero-order valence-electron chi connectivity index (χ0n) is 37.9. The molecule has 8 rings (SSSR count). The maximum Gasteiger partial charge on any atom is 0.337 e. The molecule has 16 nitrogen and oxygen atoms in total. The quantitative estimate of drug-likeness (QED) is 0.177. The van der Waals surface area contributed by atoms with Crippen molar-refractivity contribution in [3.8, 4) is 0 Å². The van der Waals surface area contributed by atoms with Gasteiger partial charge in [-0.25, -0.2) is 9.59 Å². The van der Waals surface area contributed by atoms with E-state index < -0.39 is 46.6 Å². The first-order valence-corrected chi connectivity index (χ1v) is 21.9. The molecule has 0 fully saturated rings. The minimum absolute atomic E-state index is 0.0789. The van der Waals surface area contributed by atoms with E-state index in [-0.39, 0.29) is 17.3 Å². The second-order valence-electron chi connectivity index (χ2n) is 17.0. The van der Waals surface area contributed by atoms with E-state index in [4.69, 9.17) is 19.4 Å². The van der Waals surface area contributed by atoms with E-state index in [1.165, 1.54) is 14.2 Å². The van der Waals surface area contributed by atoms with Crippen molar-refractivity contribution in [3.05, 3.63) is 139 Å². The Morgan fingerprint density at radius 3 is 1.03 bits per heavy atom. The number of esters is 2. The number of hydrogen-bond donors (Lipinski definition) is 2. The zero-order chi connectivity index (χ0) is 48.8. The molecule has 0 aliphatic carbocycles. The van der Waals surface area contributed by atoms with E-state index in [1.807, 2.05) is 62.4 Å². The van der Waals surface area contributed by atoms with Gasteiger partial charge >= 0.3 is 11.9 Å². The Morgan fingerprint density at radius 1 is 0.485 bits per heavy atom. The normalized spacial score (nSPS) is 20.0. The van der Waals surface area contributed by atoms with Gasteiger partial charge in [-0.1, -0.05) is 101 Å². The summed E-state index contributed by atoms with van der Waals surface area (Å²) >= 11 is 6.69. The molecule has 348 valence electrons. The fourth-order valence-corrected chi connectivity index (χ4v) is 6.57. The number of carbonyl (C=O) groups is 4. The van der Waals surface area contributed by atoms with E-state index in [0.29, 0.717) is 33.8 Å². The first-order valence-electron chi connectivity index (χ1n) is 20.3. The largest absolute Gasteiger partial charge is 0.465 e. The van der Waals surface area contributed by atoms with Crippen molar-refractivity contribution in [2.45, 2.75) is 90.0 Å². The summed E-state index contributed by atoms with van der Waals surface area (Å²) in [6.07, 6.45) is -1.47. The number of Topliss-reactive ketones (excluding diaryl/α,β-unsaturated/α-hetero) is 2. The molecule has 0 radical (unpaired) electrons. The lowest BCUT2D eigenvalue weighted by molar-refractivity contribution is -0.128. The Labute approximate surface area is 398 Å². The van der Waals surface area contributed by atoms with E-state index in [0.717, 1.165) is 25.6 Å². The standard InChI is InChI=1S/C13H15NO4.C13H13NO4.C11H12BrNO2.C11H10BrNO2/c2*1-13(2)11(15)10(14-18-13)8-4-6-9(7-5-8)12(16)17-3;2*1-11(2)10(14)9(13-15-11)7-3-5-8(12)6-4-7/h4-7,11,15H,1-3H3;4-7H,1-3H3;3-6,10,14H,1-2H3;3-6H,1-2H3. The third kappa shape index (κ3) is 11.8. The predicted octanol–water partition coefficient (Wildman–Crippen LogP) is 7.76. The van der Waals surface area contributed by atoms with Gasteiger partial charge in [-0.15, -0.1) is 0 Å². The number of aliphatic hydroxyl groups is 2. The minimum Gasteiger partial charge on any atom is -0.465 e. The molecular weight excluding hydrogens is 984 g/mol. The van der Waals surface area contributed by atoms with Gasteiger partial charge in [0, 0.05) is 31.2 Å². The van der Waals surface area contributed by atoms with Crippen molar-refractivity contribution < 1.29 is 58.2 Å². The van der Waals surface area contributed by atoms with Crippen LogP contribution in [0.15, 0.2) is 127 Å². The zero-order valence-corrected chi connectivity index (χ0v) is 41.1. The van der Waals surface area contributed by atoms with Gasteiger partial charge in [-0.2, -0.15) is 0 Å². The number of benzene rings is 4. The van der Waals surface area contributed by atoms with Crippen LogP contribution in [0.3, 0.4) is 0 Å². The molecule has 0 saturated carbocycles. The molecule has 0 saturated heterocycles. The maximum atomic E-state index is 12.0. The molecule has 2 atom stereocenters. The first kappa shape index (κ1) is 50.9. The van der Waals surface area contributed by atoms with Crippen LogP contribution < -0.4 is 0 Å². The minimum atomic E-state index is -0.920. The highest BCUT2D eigenvalue weighted by Crippen LogP contribution is 2.29. The molecule has 4 aromatic carbocycles. The number of nitrogens with zero attached hydrogens (tertiary/aromatic N) is 4. The fraction of sp³-hybridized carbons (Fsp3) is 0.333. The van der Waals surface area contributed by atoms with E-state index in [2.05, 4.69) is 62.0 Å². The number of rotatable bonds is 6. The average molecular weight is 1030 g/mol. The van der Waals surface area contributed by atoms with Gasteiger partial charge in [0.2, 0.25) is 11.6 Å². The Morgan fingerprint density at radius 2 is 0.773 bits per heavy atom. The van der Waals surface area contributed by atoms with Crippen molar-refractivity contribution in [3.63, 3.8) is 0 Å². The number of ketones is 2. The topological polar surface area (TPSA) is 214 Å². The highest BCUT2D eigenvalue weighted by Gasteiger charge is 2.43. The molecule has 0 amide bonds. The van der Waals surface area contributed by atoms with Gasteiger partial charge in [0.1, 0.15) is 23.6 Å². The molecule has 0 spiro atoms. The second kappa shape index (κ2) is 20.6. The van der Waals surface area contributed by atoms with Crippen molar-refractivity contribution in [2.24, 2.45) is 20.6 Å². The molecule has 2 unspecified atom stereocenters. The fourth-order valence-electron chi connectivity index (χ4n) is 6.04. The van der Waals surface area contributed by atoms with Crippen LogP contribution in [0.4, 0.5) is 0 Å². The maximum absolute atomic E-state index is 12.0. The third-order valence-corrected chi connectivity index (χ3v) is 11.3. The molecule has 0 aromatic heterocycles. The van der Waals surface area contributed by atoms with Crippen LogP contribution >= 0.6 is 31.9 Å². The van der Waals surface area contributed by atoms with Crippen molar-refractivity contribution in [2.75, 3.05) is 14.2 Å². The SMILES string of the molecule is CC1(C)ON=C(c2ccc(Br)cc2)C1=O.CC1(C)ON=C(c2ccc(Br)cc2)C1O.COC(=O)c1ccc(C2=NOC(C)(C)C2=O)cc1.COC(=O)c1ccc(C2=NOC(C)(C)C2O)cc1. The molecule has 66 heavy (non-hydrogen) atoms. The highest BCUT2D eigenvalue weighted by molar-refractivity contribution is 9.10. The van der Waals surface area contributed by atoms with Crippen LogP contribution in [0.5, 0.6) is 0 Å². The van der Waals surface area contributed by atoms with Gasteiger partial charge < -0.3 is 39.0 Å². The van der Waals surface area contributed by atoms with Crippen molar-refractivity contribution >= 4 is 78.2 Å². The highest BCUT2D eigenvalue weighted by atomic mass is 79.9. The Bertz CT molecular complexity index is 2570. The predicted molar refractivity (Wildman–Crippen MR) is 253 cm³/mol. The van der Waals surface area contributed by atoms with Crippen LogP contribution in [-0.2, 0) is 38.4 Å². The van der Waals surface area contributed by atoms with E-state index in [9.17, 15) is 29.4 Å². The third-order valence-electron chi connectivity index (χ3n) is 10.3. The summed E-state index contributed by atoms with van der Waals surface area (Å²) in [6, 6.07) is 28.2. The molecule has 18 heteroatoms. The molecule has 4 aliphatic rings. The van der Waals surface area contributed by atoms with E-state index >= 15 is 0 Å². The molecule has 0 bridgehead atoms. The van der Waals surface area contributed by atoms with Gasteiger partial charge in [0.15, 0.2) is 33.8 Å². The smallest absolute Gasteiger partial charge is 0.337 e. The number of aliphatic hydroxyl groups excluding tert-OH is 2. The van der Waals surface area contributed by atoms with Crippen LogP contribution in [0, 0.1) is 0 Å². The molecule has 4 aromatic rings. The van der Waals surface area contributed by atoms with Crippen molar-refractivity contribution in [1.29, 1.82) is 0 Å². The van der Waals surface area contributed by atoms with Crippen LogP contribution in [0.2, 0.25) is 0 Å². The summed E-state index contributed by atoms with van der Waals surface area (Å²) in [5.74, 6) is -1.07. The molecule has 4 aliphatic heterocycles. The van der Waals surface area contributed by atoms with Gasteiger partial charge in [-0.05, 0) is 104 Å². The summed E-state index contributed by atoms with van der Waals surface area (Å²) in [5, 5.41) is 35.4. The van der Waals surface area contributed by atoms with Crippen LogP contribution in [-0.4, -0.2) is 105 Å².